The number of aromatic nitrogens is 3. The van der Waals surface area contributed by atoms with Crippen LogP contribution in [0.3, 0.4) is 0 Å². The largest absolute Gasteiger partial charge is 0.215 e. The van der Waals surface area contributed by atoms with Crippen LogP contribution in [0.25, 0.3) is 17.1 Å². The van der Waals surface area contributed by atoms with Gasteiger partial charge >= 0.3 is 0 Å². The van der Waals surface area contributed by atoms with E-state index in [1.807, 2.05) is 12.1 Å². The fourth-order valence-electron chi connectivity index (χ4n) is 2.23. The lowest BCUT2D eigenvalue weighted by Crippen LogP contribution is -1.99. The second-order valence-corrected chi connectivity index (χ2v) is 5.25. The molecule has 2 aromatic carbocycles. The Labute approximate surface area is 123 Å². The van der Waals surface area contributed by atoms with Crippen molar-refractivity contribution < 1.29 is 4.39 Å². The van der Waals surface area contributed by atoms with Gasteiger partial charge in [-0.05, 0) is 35.7 Å². The number of hydrogen-bond acceptors (Lipinski definition) is 2. The third kappa shape index (κ3) is 2.70. The summed E-state index contributed by atoms with van der Waals surface area (Å²) in [6.07, 6.45) is 1.51. The van der Waals surface area contributed by atoms with E-state index < -0.39 is 0 Å². The molecular formula is C17H16FN3. The Bertz CT molecular complexity index is 727. The summed E-state index contributed by atoms with van der Waals surface area (Å²) in [4.78, 5) is 4.32. The van der Waals surface area contributed by atoms with Crippen molar-refractivity contribution in [2.24, 2.45) is 0 Å². The van der Waals surface area contributed by atoms with Gasteiger partial charge in [0.1, 0.15) is 12.1 Å². The van der Waals surface area contributed by atoms with Crippen molar-refractivity contribution in [1.82, 2.24) is 14.8 Å². The van der Waals surface area contributed by atoms with E-state index in [0.717, 1.165) is 17.1 Å². The first kappa shape index (κ1) is 13.5. The number of rotatable bonds is 3. The lowest BCUT2D eigenvalue weighted by Gasteiger charge is -2.08. The first-order valence-electron chi connectivity index (χ1n) is 6.91. The van der Waals surface area contributed by atoms with Gasteiger partial charge in [-0.15, -0.1) is 0 Å². The zero-order chi connectivity index (χ0) is 14.8. The van der Waals surface area contributed by atoms with Crippen molar-refractivity contribution in [2.75, 3.05) is 0 Å². The standard InChI is InChI=1S/C17H16FN3/c1-12(2)13-3-5-14(6-4-13)17-19-11-20-21(17)16-9-7-15(18)8-10-16/h3-12H,1-2H3. The third-order valence-electron chi connectivity index (χ3n) is 3.45. The lowest BCUT2D eigenvalue weighted by molar-refractivity contribution is 0.627. The first-order chi connectivity index (χ1) is 10.1. The zero-order valence-corrected chi connectivity index (χ0v) is 12.0. The fraction of sp³-hybridized carbons (Fsp3) is 0.176. The van der Waals surface area contributed by atoms with E-state index in [1.54, 1.807) is 16.8 Å². The molecule has 0 saturated carbocycles. The zero-order valence-electron chi connectivity index (χ0n) is 12.0. The van der Waals surface area contributed by atoms with Gasteiger partial charge in [-0.3, -0.25) is 0 Å². The van der Waals surface area contributed by atoms with Crippen molar-refractivity contribution in [2.45, 2.75) is 19.8 Å². The maximum atomic E-state index is 13.0. The van der Waals surface area contributed by atoms with Crippen LogP contribution in [0.5, 0.6) is 0 Å². The summed E-state index contributed by atoms with van der Waals surface area (Å²) in [5.74, 6) is 0.979. The second kappa shape index (κ2) is 5.48. The van der Waals surface area contributed by atoms with Crippen LogP contribution in [-0.4, -0.2) is 14.8 Å². The topological polar surface area (TPSA) is 30.7 Å². The predicted octanol–water partition coefficient (Wildman–Crippen LogP) is 4.20. The summed E-state index contributed by atoms with van der Waals surface area (Å²) in [6.45, 7) is 4.33. The van der Waals surface area contributed by atoms with Gasteiger partial charge < -0.3 is 0 Å². The number of nitrogens with zero attached hydrogens (tertiary/aromatic N) is 3. The highest BCUT2D eigenvalue weighted by Gasteiger charge is 2.09. The Balaban J connectivity index is 2.00. The van der Waals surface area contributed by atoms with Gasteiger partial charge in [-0.25, -0.2) is 14.1 Å². The molecule has 0 unspecified atom stereocenters. The van der Waals surface area contributed by atoms with Crippen molar-refractivity contribution in [1.29, 1.82) is 0 Å². The maximum absolute atomic E-state index is 13.0. The quantitative estimate of drug-likeness (QED) is 0.720. The van der Waals surface area contributed by atoms with Gasteiger partial charge in [-0.2, -0.15) is 5.10 Å². The highest BCUT2D eigenvalue weighted by atomic mass is 19.1. The van der Waals surface area contributed by atoms with Crippen LogP contribution >= 0.6 is 0 Å². The monoisotopic (exact) mass is 281 g/mol. The molecule has 3 nitrogen and oxygen atoms in total. The Hall–Kier alpha value is -2.49. The van der Waals surface area contributed by atoms with Crippen LogP contribution < -0.4 is 0 Å². The molecule has 0 fully saturated rings. The minimum absolute atomic E-state index is 0.262. The van der Waals surface area contributed by atoms with Crippen molar-refractivity contribution >= 4 is 0 Å². The highest BCUT2D eigenvalue weighted by Crippen LogP contribution is 2.23. The molecule has 0 bridgehead atoms. The Kier molecular flexibility index (Phi) is 3.52. The molecule has 0 aliphatic heterocycles. The number of hydrogen-bond donors (Lipinski definition) is 0. The van der Waals surface area contributed by atoms with E-state index in [1.165, 1.54) is 24.0 Å². The molecule has 0 aliphatic carbocycles. The molecule has 1 heterocycles. The molecule has 0 radical (unpaired) electrons. The third-order valence-corrected chi connectivity index (χ3v) is 3.45. The van der Waals surface area contributed by atoms with Crippen molar-refractivity contribution in [3.63, 3.8) is 0 Å². The maximum Gasteiger partial charge on any atom is 0.163 e. The number of halogens is 1. The molecule has 0 N–H and O–H groups in total. The molecule has 0 aliphatic rings. The molecule has 0 saturated heterocycles. The molecule has 3 aromatic rings. The molecule has 0 amide bonds. The SMILES string of the molecule is CC(C)c1ccc(-c2ncnn2-c2ccc(F)cc2)cc1. The predicted molar refractivity (Wildman–Crippen MR) is 80.8 cm³/mol. The van der Waals surface area contributed by atoms with Crippen LogP contribution in [0.4, 0.5) is 4.39 Å². The summed E-state index contributed by atoms with van der Waals surface area (Å²) < 4.78 is 14.7. The van der Waals surface area contributed by atoms with Crippen LogP contribution in [0.1, 0.15) is 25.3 Å². The van der Waals surface area contributed by atoms with Crippen molar-refractivity contribution in [3.8, 4) is 17.1 Å². The van der Waals surface area contributed by atoms with Crippen LogP contribution in [0.15, 0.2) is 54.9 Å². The Morgan fingerprint density at radius 2 is 1.62 bits per heavy atom. The molecular weight excluding hydrogens is 265 g/mol. The minimum atomic E-state index is -0.262. The van der Waals surface area contributed by atoms with E-state index in [4.69, 9.17) is 0 Å². The van der Waals surface area contributed by atoms with Crippen LogP contribution in [-0.2, 0) is 0 Å². The number of benzene rings is 2. The first-order valence-corrected chi connectivity index (χ1v) is 6.91. The lowest BCUT2D eigenvalue weighted by atomic mass is 10.0. The van der Waals surface area contributed by atoms with E-state index in [-0.39, 0.29) is 5.82 Å². The minimum Gasteiger partial charge on any atom is -0.215 e. The summed E-state index contributed by atoms with van der Waals surface area (Å²) in [7, 11) is 0. The molecule has 1 aromatic heterocycles. The van der Waals surface area contributed by atoms with E-state index in [2.05, 4.69) is 36.1 Å². The molecule has 3 rings (SSSR count). The summed E-state index contributed by atoms with van der Waals surface area (Å²) in [6, 6.07) is 14.5. The van der Waals surface area contributed by atoms with Gasteiger partial charge in [0.15, 0.2) is 5.82 Å². The van der Waals surface area contributed by atoms with Gasteiger partial charge in [-0.1, -0.05) is 38.1 Å². The smallest absolute Gasteiger partial charge is 0.163 e. The van der Waals surface area contributed by atoms with Gasteiger partial charge in [0.05, 0.1) is 5.69 Å². The molecule has 4 heteroatoms. The molecule has 0 spiro atoms. The van der Waals surface area contributed by atoms with E-state index >= 15 is 0 Å². The summed E-state index contributed by atoms with van der Waals surface area (Å²) in [5, 5.41) is 4.23. The van der Waals surface area contributed by atoms with Crippen molar-refractivity contribution in [3.05, 3.63) is 66.2 Å². The molecule has 106 valence electrons. The fourth-order valence-corrected chi connectivity index (χ4v) is 2.23. The molecule has 21 heavy (non-hydrogen) atoms. The van der Waals surface area contributed by atoms with Crippen LogP contribution in [0.2, 0.25) is 0 Å². The van der Waals surface area contributed by atoms with Gasteiger partial charge in [0.25, 0.3) is 0 Å². The van der Waals surface area contributed by atoms with Crippen LogP contribution in [0, 0.1) is 5.82 Å². The Morgan fingerprint density at radius 1 is 0.952 bits per heavy atom. The summed E-state index contributed by atoms with van der Waals surface area (Å²) >= 11 is 0. The molecule has 0 atom stereocenters. The van der Waals surface area contributed by atoms with Gasteiger partial charge in [0, 0.05) is 5.56 Å². The second-order valence-electron chi connectivity index (χ2n) is 5.25. The van der Waals surface area contributed by atoms with Gasteiger partial charge in [0.2, 0.25) is 0 Å². The average molecular weight is 281 g/mol. The average Bonchev–Trinajstić information content (AvgIpc) is 2.97. The Morgan fingerprint density at radius 3 is 2.24 bits per heavy atom. The normalized spacial score (nSPS) is 11.0. The van der Waals surface area contributed by atoms with E-state index in [9.17, 15) is 4.39 Å². The highest BCUT2D eigenvalue weighted by molar-refractivity contribution is 5.58. The summed E-state index contributed by atoms with van der Waals surface area (Å²) in [5.41, 5.74) is 3.06. The van der Waals surface area contributed by atoms with E-state index in [0.29, 0.717) is 5.92 Å².